The summed E-state index contributed by atoms with van der Waals surface area (Å²) >= 11 is 0. The number of carbonyl (C=O) groups is 2. The number of nitrogens with one attached hydrogen (secondary N) is 1. The second kappa shape index (κ2) is 9.33. The van der Waals surface area contributed by atoms with E-state index in [0.29, 0.717) is 6.42 Å². The number of aldehydes is 1. The van der Waals surface area contributed by atoms with Crippen molar-refractivity contribution >= 4 is 12.2 Å². The van der Waals surface area contributed by atoms with Crippen LogP contribution < -0.4 is 11.1 Å². The predicted octanol–water partition coefficient (Wildman–Crippen LogP) is 1.04. The minimum absolute atomic E-state index is 0.0479. The van der Waals surface area contributed by atoms with Crippen molar-refractivity contribution in [3.8, 4) is 0 Å². The molecule has 0 aliphatic rings. The lowest BCUT2D eigenvalue weighted by Crippen LogP contribution is -2.41. The van der Waals surface area contributed by atoms with Crippen molar-refractivity contribution in [3.63, 3.8) is 0 Å². The van der Waals surface area contributed by atoms with Crippen LogP contribution in [0, 0.1) is 5.92 Å². The van der Waals surface area contributed by atoms with E-state index in [4.69, 9.17) is 5.73 Å². The number of benzene rings is 1. The van der Waals surface area contributed by atoms with E-state index in [1.807, 2.05) is 44.2 Å². The van der Waals surface area contributed by atoms with Crippen LogP contribution >= 0.6 is 0 Å². The lowest BCUT2D eigenvalue weighted by molar-refractivity contribution is -0.125. The van der Waals surface area contributed by atoms with Gasteiger partial charge >= 0.3 is 0 Å². The Hall–Kier alpha value is -1.72. The van der Waals surface area contributed by atoms with E-state index in [-0.39, 0.29) is 24.7 Å². The van der Waals surface area contributed by atoms with Gasteiger partial charge in [0.15, 0.2) is 0 Å². The topological polar surface area (TPSA) is 92.4 Å². The van der Waals surface area contributed by atoms with E-state index in [1.54, 1.807) is 0 Å². The summed E-state index contributed by atoms with van der Waals surface area (Å²) < 4.78 is 0. The minimum Gasteiger partial charge on any atom is -0.391 e. The Bertz CT molecular complexity index is 462. The maximum atomic E-state index is 11.8. The largest absolute Gasteiger partial charge is 0.391 e. The van der Waals surface area contributed by atoms with Crippen molar-refractivity contribution in [1.82, 2.24) is 5.32 Å². The fraction of sp³-hybridized carbons (Fsp3) is 0.529. The van der Waals surface area contributed by atoms with Gasteiger partial charge in [-0.05, 0) is 24.3 Å². The Morgan fingerprint density at radius 1 is 1.32 bits per heavy atom. The quantitative estimate of drug-likeness (QED) is 0.594. The molecule has 1 unspecified atom stereocenters. The summed E-state index contributed by atoms with van der Waals surface area (Å²) in [4.78, 5) is 22.6. The number of aliphatic hydroxyl groups is 1. The molecule has 0 bridgehead atoms. The molecule has 1 aromatic carbocycles. The molecule has 0 aliphatic heterocycles. The molecule has 0 heterocycles. The highest BCUT2D eigenvalue weighted by molar-refractivity contribution is 5.79. The standard InChI is InChI=1S/C17H26N2O3/c1-12(2)15(11-20)19-17(22)9-8-16(21)14(18)10-13-6-4-3-5-7-13/h3-7,11-12,14-16,21H,8-10,18H2,1-2H3,(H,19,22)/t14-,15?,16-/m0/s1. The monoisotopic (exact) mass is 306 g/mol. The summed E-state index contributed by atoms with van der Waals surface area (Å²) in [5, 5.41) is 12.7. The Balaban J connectivity index is 2.36. The highest BCUT2D eigenvalue weighted by Crippen LogP contribution is 2.09. The maximum absolute atomic E-state index is 11.8. The van der Waals surface area contributed by atoms with Crippen molar-refractivity contribution in [3.05, 3.63) is 35.9 Å². The number of carbonyl (C=O) groups excluding carboxylic acids is 2. The molecule has 5 heteroatoms. The zero-order chi connectivity index (χ0) is 16.5. The van der Waals surface area contributed by atoms with Gasteiger partial charge in [-0.1, -0.05) is 44.2 Å². The molecule has 0 saturated carbocycles. The zero-order valence-electron chi connectivity index (χ0n) is 13.2. The molecule has 3 atom stereocenters. The second-order valence-electron chi connectivity index (χ2n) is 5.93. The number of rotatable bonds is 9. The summed E-state index contributed by atoms with van der Waals surface area (Å²) in [6, 6.07) is 8.78. The molecule has 0 aromatic heterocycles. The highest BCUT2D eigenvalue weighted by Gasteiger charge is 2.19. The maximum Gasteiger partial charge on any atom is 0.220 e. The SMILES string of the molecule is CC(C)C(C=O)NC(=O)CC[C@H](O)[C@@H](N)Cc1ccccc1. The molecule has 0 fully saturated rings. The fourth-order valence-electron chi connectivity index (χ4n) is 2.13. The third-order valence-corrected chi connectivity index (χ3v) is 3.67. The van der Waals surface area contributed by atoms with E-state index in [1.165, 1.54) is 0 Å². The highest BCUT2D eigenvalue weighted by atomic mass is 16.3. The third kappa shape index (κ3) is 6.37. The minimum atomic E-state index is -0.750. The fourth-order valence-corrected chi connectivity index (χ4v) is 2.13. The van der Waals surface area contributed by atoms with Crippen LogP contribution in [0.25, 0.3) is 0 Å². The van der Waals surface area contributed by atoms with Gasteiger partial charge in [-0.15, -0.1) is 0 Å². The average molecular weight is 306 g/mol. The Kier molecular flexibility index (Phi) is 7.77. The van der Waals surface area contributed by atoms with E-state index in [9.17, 15) is 14.7 Å². The van der Waals surface area contributed by atoms with Gasteiger partial charge in [0.25, 0.3) is 0 Å². The first-order chi connectivity index (χ1) is 10.4. The van der Waals surface area contributed by atoms with Crippen LogP contribution in [0.1, 0.15) is 32.3 Å². The molecule has 1 aromatic rings. The van der Waals surface area contributed by atoms with Crippen molar-refractivity contribution in [2.45, 2.75) is 51.3 Å². The number of nitrogens with two attached hydrogens (primary N) is 1. The molecular weight excluding hydrogens is 280 g/mol. The first-order valence-corrected chi connectivity index (χ1v) is 7.66. The lowest BCUT2D eigenvalue weighted by Gasteiger charge is -2.20. The summed E-state index contributed by atoms with van der Waals surface area (Å²) in [6.07, 6.45) is 0.983. The summed E-state index contributed by atoms with van der Waals surface area (Å²) in [6.45, 7) is 3.73. The van der Waals surface area contributed by atoms with Crippen LogP contribution in [-0.2, 0) is 16.0 Å². The zero-order valence-corrected chi connectivity index (χ0v) is 13.2. The predicted molar refractivity (Wildman–Crippen MR) is 86.2 cm³/mol. The molecule has 122 valence electrons. The van der Waals surface area contributed by atoms with E-state index in [2.05, 4.69) is 5.32 Å². The molecular formula is C17H26N2O3. The number of hydrogen-bond acceptors (Lipinski definition) is 4. The van der Waals surface area contributed by atoms with Crippen molar-refractivity contribution in [2.24, 2.45) is 11.7 Å². The van der Waals surface area contributed by atoms with Crippen LogP contribution in [0.5, 0.6) is 0 Å². The van der Waals surface area contributed by atoms with Gasteiger partial charge in [-0.2, -0.15) is 0 Å². The molecule has 1 amide bonds. The van der Waals surface area contributed by atoms with E-state index >= 15 is 0 Å². The van der Waals surface area contributed by atoms with Gasteiger partial charge in [0.05, 0.1) is 12.1 Å². The summed E-state index contributed by atoms with van der Waals surface area (Å²) in [5.41, 5.74) is 7.03. The molecule has 0 aliphatic carbocycles. The Morgan fingerprint density at radius 3 is 2.50 bits per heavy atom. The Morgan fingerprint density at radius 2 is 1.95 bits per heavy atom. The van der Waals surface area contributed by atoms with Crippen LogP contribution in [-0.4, -0.2) is 35.5 Å². The number of amides is 1. The van der Waals surface area contributed by atoms with Crippen molar-refractivity contribution < 1.29 is 14.7 Å². The number of hydrogen-bond donors (Lipinski definition) is 3. The number of aliphatic hydroxyl groups excluding tert-OH is 1. The van der Waals surface area contributed by atoms with Crippen LogP contribution in [0.4, 0.5) is 0 Å². The Labute approximate surface area is 131 Å². The van der Waals surface area contributed by atoms with Gasteiger partial charge < -0.3 is 21.0 Å². The van der Waals surface area contributed by atoms with Gasteiger partial charge in [-0.3, -0.25) is 4.79 Å². The molecule has 22 heavy (non-hydrogen) atoms. The van der Waals surface area contributed by atoms with Crippen LogP contribution in [0.15, 0.2) is 30.3 Å². The van der Waals surface area contributed by atoms with Gasteiger partial charge in [0, 0.05) is 12.5 Å². The molecule has 1 rings (SSSR count). The van der Waals surface area contributed by atoms with Crippen molar-refractivity contribution in [1.29, 1.82) is 0 Å². The second-order valence-corrected chi connectivity index (χ2v) is 5.93. The van der Waals surface area contributed by atoms with Crippen LogP contribution in [0.3, 0.4) is 0 Å². The van der Waals surface area contributed by atoms with Gasteiger partial charge in [0.1, 0.15) is 6.29 Å². The van der Waals surface area contributed by atoms with E-state index in [0.717, 1.165) is 11.8 Å². The van der Waals surface area contributed by atoms with Gasteiger partial charge in [-0.25, -0.2) is 0 Å². The van der Waals surface area contributed by atoms with Crippen molar-refractivity contribution in [2.75, 3.05) is 0 Å². The molecule has 4 N–H and O–H groups in total. The third-order valence-electron chi connectivity index (χ3n) is 3.67. The normalized spacial score (nSPS) is 15.1. The van der Waals surface area contributed by atoms with Gasteiger partial charge in [0.2, 0.25) is 5.91 Å². The molecule has 0 saturated heterocycles. The van der Waals surface area contributed by atoms with E-state index < -0.39 is 18.2 Å². The smallest absolute Gasteiger partial charge is 0.220 e. The molecule has 5 nitrogen and oxygen atoms in total. The average Bonchev–Trinajstić information content (AvgIpc) is 2.50. The lowest BCUT2D eigenvalue weighted by atomic mass is 9.99. The first kappa shape index (κ1) is 18.3. The summed E-state index contributed by atoms with van der Waals surface area (Å²) in [7, 11) is 0. The molecule has 0 spiro atoms. The van der Waals surface area contributed by atoms with Crippen LogP contribution in [0.2, 0.25) is 0 Å². The summed E-state index contributed by atoms with van der Waals surface area (Å²) in [5.74, 6) is -0.191. The molecule has 0 radical (unpaired) electrons. The first-order valence-electron chi connectivity index (χ1n) is 7.66.